The lowest BCUT2D eigenvalue weighted by atomic mass is 10.0. The molecular formula is C22H27N5O3S. The van der Waals surface area contributed by atoms with Crippen LogP contribution in [-0.4, -0.2) is 43.5 Å². The molecule has 164 valence electrons. The van der Waals surface area contributed by atoms with Gasteiger partial charge < -0.3 is 14.6 Å². The topological polar surface area (TPSA) is 100 Å². The van der Waals surface area contributed by atoms with Gasteiger partial charge in [-0.15, -0.1) is 10.2 Å². The largest absolute Gasteiger partial charge is 0.419 e. The summed E-state index contributed by atoms with van der Waals surface area (Å²) in [4.78, 5) is 2.28. The number of rotatable bonds is 8. The molecule has 3 aromatic rings. The summed E-state index contributed by atoms with van der Waals surface area (Å²) >= 11 is 0. The summed E-state index contributed by atoms with van der Waals surface area (Å²) in [6, 6.07) is 17.7. The Bertz CT molecular complexity index is 1090. The van der Waals surface area contributed by atoms with Crippen LogP contribution < -0.4 is 14.9 Å². The van der Waals surface area contributed by atoms with Gasteiger partial charge in [-0.1, -0.05) is 24.3 Å². The van der Waals surface area contributed by atoms with Gasteiger partial charge in [0.2, 0.25) is 21.8 Å². The van der Waals surface area contributed by atoms with Gasteiger partial charge in [-0.05, 0) is 50.1 Å². The van der Waals surface area contributed by atoms with Crippen molar-refractivity contribution in [3.05, 3.63) is 60.5 Å². The Morgan fingerprint density at radius 1 is 1.06 bits per heavy atom. The molecular weight excluding hydrogens is 414 g/mol. The minimum atomic E-state index is -3.28. The fourth-order valence-corrected chi connectivity index (χ4v) is 4.24. The molecule has 0 spiro atoms. The SMILES string of the molecule is CCS(=O)(=O)Nc1cccc(N2CCC(NCc3nnc(-c4ccccc4)o3)CC2)c1. The summed E-state index contributed by atoms with van der Waals surface area (Å²) in [5.41, 5.74) is 2.54. The van der Waals surface area contributed by atoms with Crippen LogP contribution in [0.3, 0.4) is 0 Å². The standard InChI is InChI=1S/C22H27N5O3S/c1-2-31(28,29)26-19-9-6-10-20(15-19)27-13-11-18(12-14-27)23-16-21-24-25-22(30-21)17-7-4-3-5-8-17/h3-10,15,18,23,26H,2,11-14,16H2,1H3. The number of sulfonamides is 1. The maximum absolute atomic E-state index is 11.8. The Balaban J connectivity index is 1.28. The van der Waals surface area contributed by atoms with Gasteiger partial charge in [0.05, 0.1) is 18.0 Å². The second kappa shape index (κ2) is 9.49. The zero-order valence-corrected chi connectivity index (χ0v) is 18.3. The fraction of sp³-hybridized carbons (Fsp3) is 0.364. The first kappa shape index (κ1) is 21.3. The molecule has 1 saturated heterocycles. The van der Waals surface area contributed by atoms with E-state index in [0.29, 0.717) is 30.1 Å². The van der Waals surface area contributed by atoms with Crippen LogP contribution in [0.2, 0.25) is 0 Å². The Labute approximate surface area is 182 Å². The number of hydrogen-bond acceptors (Lipinski definition) is 7. The zero-order valence-electron chi connectivity index (χ0n) is 17.5. The fourth-order valence-electron chi connectivity index (χ4n) is 3.61. The lowest BCUT2D eigenvalue weighted by Gasteiger charge is -2.34. The van der Waals surface area contributed by atoms with E-state index in [0.717, 1.165) is 37.2 Å². The van der Waals surface area contributed by atoms with Gasteiger partial charge in [0.25, 0.3) is 0 Å². The number of benzene rings is 2. The van der Waals surface area contributed by atoms with Gasteiger partial charge in [-0.25, -0.2) is 8.42 Å². The quantitative estimate of drug-likeness (QED) is 0.553. The van der Waals surface area contributed by atoms with Crippen LogP contribution >= 0.6 is 0 Å². The monoisotopic (exact) mass is 441 g/mol. The lowest BCUT2D eigenvalue weighted by molar-refractivity contribution is 0.385. The van der Waals surface area contributed by atoms with Crippen LogP contribution in [0.15, 0.2) is 59.0 Å². The summed E-state index contributed by atoms with van der Waals surface area (Å²) in [6.07, 6.45) is 1.95. The molecule has 1 aromatic heterocycles. The average molecular weight is 442 g/mol. The predicted molar refractivity (Wildman–Crippen MR) is 121 cm³/mol. The molecule has 1 fully saturated rings. The van der Waals surface area contributed by atoms with E-state index in [1.54, 1.807) is 13.0 Å². The molecule has 0 aliphatic carbocycles. The number of piperidine rings is 1. The van der Waals surface area contributed by atoms with Gasteiger partial charge in [0.15, 0.2) is 0 Å². The van der Waals surface area contributed by atoms with Crippen LogP contribution in [0.4, 0.5) is 11.4 Å². The third-order valence-electron chi connectivity index (χ3n) is 5.39. The molecule has 0 bridgehead atoms. The van der Waals surface area contributed by atoms with Gasteiger partial charge in [-0.2, -0.15) is 0 Å². The maximum Gasteiger partial charge on any atom is 0.247 e. The first-order valence-electron chi connectivity index (χ1n) is 10.5. The molecule has 4 rings (SSSR count). The van der Waals surface area contributed by atoms with Crippen molar-refractivity contribution in [1.29, 1.82) is 0 Å². The van der Waals surface area contributed by atoms with E-state index in [2.05, 4.69) is 25.1 Å². The molecule has 8 nitrogen and oxygen atoms in total. The molecule has 1 aliphatic heterocycles. The molecule has 2 aromatic carbocycles. The Hall–Kier alpha value is -2.91. The van der Waals surface area contributed by atoms with E-state index < -0.39 is 10.0 Å². The highest BCUT2D eigenvalue weighted by Crippen LogP contribution is 2.24. The second-order valence-corrected chi connectivity index (χ2v) is 9.58. The Morgan fingerprint density at radius 2 is 1.84 bits per heavy atom. The van der Waals surface area contributed by atoms with E-state index in [-0.39, 0.29) is 5.75 Å². The predicted octanol–water partition coefficient (Wildman–Crippen LogP) is 3.26. The number of nitrogens with zero attached hydrogens (tertiary/aromatic N) is 3. The van der Waals surface area contributed by atoms with E-state index >= 15 is 0 Å². The molecule has 0 unspecified atom stereocenters. The van der Waals surface area contributed by atoms with Gasteiger partial charge in [0, 0.05) is 30.4 Å². The van der Waals surface area contributed by atoms with Crippen LogP contribution in [0.25, 0.3) is 11.5 Å². The Kier molecular flexibility index (Phi) is 6.53. The number of aromatic nitrogens is 2. The van der Waals surface area contributed by atoms with Crippen LogP contribution in [0, 0.1) is 0 Å². The van der Waals surface area contributed by atoms with Crippen LogP contribution in [0.1, 0.15) is 25.7 Å². The minimum Gasteiger partial charge on any atom is -0.419 e. The third kappa shape index (κ3) is 5.62. The van der Waals surface area contributed by atoms with Crippen molar-refractivity contribution in [2.24, 2.45) is 0 Å². The Morgan fingerprint density at radius 3 is 2.58 bits per heavy atom. The molecule has 31 heavy (non-hydrogen) atoms. The van der Waals surface area contributed by atoms with Crippen molar-refractivity contribution in [2.75, 3.05) is 28.5 Å². The van der Waals surface area contributed by atoms with E-state index in [4.69, 9.17) is 4.42 Å². The highest BCUT2D eigenvalue weighted by Gasteiger charge is 2.20. The molecule has 9 heteroatoms. The molecule has 2 N–H and O–H groups in total. The van der Waals surface area contributed by atoms with Crippen LogP contribution in [0.5, 0.6) is 0 Å². The molecule has 2 heterocycles. The van der Waals surface area contributed by atoms with Crippen molar-refractivity contribution < 1.29 is 12.8 Å². The van der Waals surface area contributed by atoms with Crippen molar-refractivity contribution in [3.63, 3.8) is 0 Å². The van der Waals surface area contributed by atoms with Crippen molar-refractivity contribution in [3.8, 4) is 11.5 Å². The first-order valence-corrected chi connectivity index (χ1v) is 12.1. The molecule has 1 aliphatic rings. The maximum atomic E-state index is 11.8. The van der Waals surface area contributed by atoms with Crippen LogP contribution in [-0.2, 0) is 16.6 Å². The van der Waals surface area contributed by atoms with Crippen molar-refractivity contribution in [2.45, 2.75) is 32.4 Å². The number of hydrogen-bond donors (Lipinski definition) is 2. The summed E-state index contributed by atoms with van der Waals surface area (Å²) in [6.45, 7) is 3.95. The summed E-state index contributed by atoms with van der Waals surface area (Å²) in [5.74, 6) is 1.17. The minimum absolute atomic E-state index is 0.0567. The van der Waals surface area contributed by atoms with Gasteiger partial charge in [0.1, 0.15) is 0 Å². The number of nitrogens with one attached hydrogen (secondary N) is 2. The van der Waals surface area contributed by atoms with Crippen molar-refractivity contribution >= 4 is 21.4 Å². The second-order valence-electron chi connectivity index (χ2n) is 7.57. The molecule has 0 saturated carbocycles. The highest BCUT2D eigenvalue weighted by molar-refractivity contribution is 7.92. The first-order chi connectivity index (χ1) is 15.0. The van der Waals surface area contributed by atoms with E-state index in [1.807, 2.05) is 48.5 Å². The number of anilines is 2. The summed E-state index contributed by atoms with van der Waals surface area (Å²) < 4.78 is 32.0. The lowest BCUT2D eigenvalue weighted by Crippen LogP contribution is -2.42. The van der Waals surface area contributed by atoms with Gasteiger partial charge in [-0.3, -0.25) is 4.72 Å². The van der Waals surface area contributed by atoms with E-state index in [1.165, 1.54) is 0 Å². The molecule has 0 atom stereocenters. The van der Waals surface area contributed by atoms with Crippen molar-refractivity contribution in [1.82, 2.24) is 15.5 Å². The van der Waals surface area contributed by atoms with E-state index in [9.17, 15) is 8.42 Å². The third-order valence-corrected chi connectivity index (χ3v) is 6.70. The highest BCUT2D eigenvalue weighted by atomic mass is 32.2. The average Bonchev–Trinajstić information content (AvgIpc) is 3.28. The summed E-state index contributed by atoms with van der Waals surface area (Å²) in [7, 11) is -3.28. The molecule has 0 amide bonds. The van der Waals surface area contributed by atoms with Gasteiger partial charge >= 0.3 is 0 Å². The zero-order chi connectivity index (χ0) is 21.7. The summed E-state index contributed by atoms with van der Waals surface area (Å²) in [5, 5.41) is 11.8. The molecule has 0 radical (unpaired) electrons. The normalized spacial score (nSPS) is 15.2. The smallest absolute Gasteiger partial charge is 0.247 e.